The summed E-state index contributed by atoms with van der Waals surface area (Å²) in [5, 5.41) is 12.9. The molecule has 2 aromatic rings. The number of ether oxygens (including phenoxy) is 1. The van der Waals surface area contributed by atoms with Crippen LogP contribution in [0, 0.1) is 0 Å². The molecular formula is C23H26N2O4S. The highest BCUT2D eigenvalue weighted by Crippen LogP contribution is 2.41. The van der Waals surface area contributed by atoms with Gasteiger partial charge in [-0.25, -0.2) is 0 Å². The van der Waals surface area contributed by atoms with Crippen LogP contribution in [0.15, 0.2) is 60.0 Å². The first-order chi connectivity index (χ1) is 14.4. The molecule has 1 aromatic heterocycles. The van der Waals surface area contributed by atoms with Crippen LogP contribution in [0.5, 0.6) is 5.75 Å². The van der Waals surface area contributed by atoms with Gasteiger partial charge >= 0.3 is 0 Å². The second-order valence-electron chi connectivity index (χ2n) is 7.29. The predicted molar refractivity (Wildman–Crippen MR) is 119 cm³/mol. The van der Waals surface area contributed by atoms with E-state index in [1.807, 2.05) is 36.5 Å². The van der Waals surface area contributed by atoms with Crippen molar-refractivity contribution in [2.24, 2.45) is 0 Å². The zero-order valence-electron chi connectivity index (χ0n) is 17.2. The van der Waals surface area contributed by atoms with Gasteiger partial charge in [0.2, 0.25) is 0 Å². The molecule has 0 bridgehead atoms. The molecule has 1 N–H and O–H groups in total. The van der Waals surface area contributed by atoms with E-state index < -0.39 is 17.7 Å². The molecule has 0 spiro atoms. The van der Waals surface area contributed by atoms with E-state index in [2.05, 4.69) is 6.58 Å². The number of hydrogen-bond acceptors (Lipinski definition) is 6. The number of rotatable bonds is 9. The number of ketones is 1. The Labute approximate surface area is 180 Å². The molecule has 1 amide bonds. The molecule has 7 heteroatoms. The first kappa shape index (κ1) is 21.8. The summed E-state index contributed by atoms with van der Waals surface area (Å²) in [6.45, 7) is 5.23. The summed E-state index contributed by atoms with van der Waals surface area (Å²) in [6.07, 6.45) is 2.38. The first-order valence-corrected chi connectivity index (χ1v) is 10.6. The van der Waals surface area contributed by atoms with Gasteiger partial charge in [-0.1, -0.05) is 18.7 Å². The zero-order chi connectivity index (χ0) is 21.7. The number of carbonyl (C=O) groups excluding carboxylic acids is 2. The van der Waals surface area contributed by atoms with Crippen molar-refractivity contribution < 1.29 is 19.4 Å². The highest BCUT2D eigenvalue weighted by atomic mass is 32.1. The lowest BCUT2D eigenvalue weighted by Crippen LogP contribution is -2.32. The number of likely N-dealkylation sites (tertiary alicyclic amines) is 1. The average molecular weight is 427 g/mol. The standard InChI is InChI=1S/C23H26N2O4S/c1-4-14-29-17-10-8-16(9-11-17)21(26)19-20(18-7-5-15-30-18)25(23(28)22(19)27)13-6-12-24(2)3/h4-5,7-11,15,20,26H,1,6,12-14H2,2-3H3/b21-19+/t20-/m0/s1. The number of nitrogens with zero attached hydrogens (tertiary/aromatic N) is 2. The van der Waals surface area contributed by atoms with E-state index in [-0.39, 0.29) is 11.3 Å². The van der Waals surface area contributed by atoms with Gasteiger partial charge < -0.3 is 19.6 Å². The molecule has 1 atom stereocenters. The maximum atomic E-state index is 12.9. The van der Waals surface area contributed by atoms with Crippen molar-refractivity contribution in [3.63, 3.8) is 0 Å². The second-order valence-corrected chi connectivity index (χ2v) is 8.27. The third-order valence-corrected chi connectivity index (χ3v) is 5.78. The fourth-order valence-corrected chi connectivity index (χ4v) is 4.28. The third-order valence-electron chi connectivity index (χ3n) is 4.85. The van der Waals surface area contributed by atoms with Crippen LogP contribution < -0.4 is 4.74 Å². The van der Waals surface area contributed by atoms with Crippen molar-refractivity contribution in [3.8, 4) is 5.75 Å². The van der Waals surface area contributed by atoms with E-state index in [1.165, 1.54) is 11.3 Å². The van der Waals surface area contributed by atoms with Crippen molar-refractivity contribution in [2.45, 2.75) is 12.5 Å². The van der Waals surface area contributed by atoms with E-state index in [0.29, 0.717) is 24.5 Å². The maximum Gasteiger partial charge on any atom is 0.295 e. The van der Waals surface area contributed by atoms with Crippen molar-refractivity contribution in [1.29, 1.82) is 0 Å². The first-order valence-electron chi connectivity index (χ1n) is 9.74. The van der Waals surface area contributed by atoms with Gasteiger partial charge in [-0.2, -0.15) is 0 Å². The van der Waals surface area contributed by atoms with E-state index in [4.69, 9.17) is 4.74 Å². The Kier molecular flexibility index (Phi) is 7.07. The molecule has 1 saturated heterocycles. The van der Waals surface area contributed by atoms with Crippen molar-refractivity contribution in [3.05, 3.63) is 70.4 Å². The summed E-state index contributed by atoms with van der Waals surface area (Å²) >= 11 is 1.46. The molecule has 1 aromatic carbocycles. The third kappa shape index (κ3) is 4.63. The summed E-state index contributed by atoms with van der Waals surface area (Å²) in [5.41, 5.74) is 0.598. The monoisotopic (exact) mass is 426 g/mol. The maximum absolute atomic E-state index is 12.9. The molecular weight excluding hydrogens is 400 g/mol. The molecule has 0 aliphatic carbocycles. The van der Waals surface area contributed by atoms with Gasteiger partial charge in [-0.15, -0.1) is 11.3 Å². The van der Waals surface area contributed by atoms with Gasteiger partial charge in [0.05, 0.1) is 11.6 Å². The van der Waals surface area contributed by atoms with Crippen LogP contribution in [0.1, 0.15) is 22.9 Å². The predicted octanol–water partition coefficient (Wildman–Crippen LogP) is 3.69. The quantitative estimate of drug-likeness (QED) is 0.287. The number of benzene rings is 1. The Balaban J connectivity index is 1.96. The van der Waals surface area contributed by atoms with Crippen LogP contribution >= 0.6 is 11.3 Å². The Morgan fingerprint density at radius 2 is 2.00 bits per heavy atom. The second kappa shape index (κ2) is 9.73. The van der Waals surface area contributed by atoms with E-state index in [0.717, 1.165) is 17.8 Å². The van der Waals surface area contributed by atoms with Crippen LogP contribution in [0.25, 0.3) is 5.76 Å². The number of amides is 1. The highest BCUT2D eigenvalue weighted by Gasteiger charge is 2.46. The minimum atomic E-state index is -0.650. The van der Waals surface area contributed by atoms with E-state index in [9.17, 15) is 14.7 Å². The number of aliphatic hydroxyl groups is 1. The van der Waals surface area contributed by atoms with Crippen molar-refractivity contribution >= 4 is 28.8 Å². The Morgan fingerprint density at radius 3 is 2.60 bits per heavy atom. The lowest BCUT2D eigenvalue weighted by atomic mass is 10.00. The zero-order valence-corrected chi connectivity index (χ0v) is 18.0. The summed E-state index contributed by atoms with van der Waals surface area (Å²) in [4.78, 5) is 30.2. The van der Waals surface area contributed by atoms with Crippen LogP contribution in [0.2, 0.25) is 0 Å². The molecule has 1 aliphatic heterocycles. The SMILES string of the molecule is C=CCOc1ccc(/C(O)=C2\C(=O)C(=O)N(CCCN(C)C)[C@H]2c2cccs2)cc1. The summed E-state index contributed by atoms with van der Waals surface area (Å²) in [5.74, 6) is -0.759. The fraction of sp³-hybridized carbons (Fsp3) is 0.304. The summed E-state index contributed by atoms with van der Waals surface area (Å²) < 4.78 is 5.47. The minimum absolute atomic E-state index is 0.132. The fourth-order valence-electron chi connectivity index (χ4n) is 3.43. The number of Topliss-reactive ketones (excluding diaryl/α,β-unsaturated/α-hetero) is 1. The lowest BCUT2D eigenvalue weighted by molar-refractivity contribution is -0.139. The summed E-state index contributed by atoms with van der Waals surface area (Å²) in [6, 6.07) is 9.98. The Bertz CT molecular complexity index is 933. The molecule has 3 rings (SSSR count). The molecule has 1 fully saturated rings. The van der Waals surface area contributed by atoms with Gasteiger partial charge in [-0.05, 0) is 62.8 Å². The average Bonchev–Trinajstić information content (AvgIpc) is 3.34. The van der Waals surface area contributed by atoms with Crippen LogP contribution in [0.4, 0.5) is 0 Å². The number of hydrogen-bond donors (Lipinski definition) is 1. The Morgan fingerprint density at radius 1 is 1.27 bits per heavy atom. The summed E-state index contributed by atoms with van der Waals surface area (Å²) in [7, 11) is 3.93. The minimum Gasteiger partial charge on any atom is -0.507 e. The van der Waals surface area contributed by atoms with Crippen LogP contribution in [-0.2, 0) is 9.59 Å². The smallest absolute Gasteiger partial charge is 0.295 e. The molecule has 1 aliphatic rings. The molecule has 2 heterocycles. The lowest BCUT2D eigenvalue weighted by Gasteiger charge is -2.24. The highest BCUT2D eigenvalue weighted by molar-refractivity contribution is 7.10. The van der Waals surface area contributed by atoms with Gasteiger partial charge in [0.15, 0.2) is 0 Å². The van der Waals surface area contributed by atoms with E-state index >= 15 is 0 Å². The largest absolute Gasteiger partial charge is 0.507 e. The molecule has 6 nitrogen and oxygen atoms in total. The Hall–Kier alpha value is -2.90. The number of carbonyl (C=O) groups is 2. The molecule has 0 unspecified atom stereocenters. The molecule has 0 radical (unpaired) electrons. The molecule has 158 valence electrons. The van der Waals surface area contributed by atoms with Gasteiger partial charge in [0.25, 0.3) is 11.7 Å². The molecule has 0 saturated carbocycles. The van der Waals surface area contributed by atoms with Gasteiger partial charge in [0, 0.05) is 17.0 Å². The van der Waals surface area contributed by atoms with Crippen LogP contribution in [0.3, 0.4) is 0 Å². The van der Waals surface area contributed by atoms with E-state index in [1.54, 1.807) is 35.2 Å². The van der Waals surface area contributed by atoms with Crippen LogP contribution in [-0.4, -0.2) is 60.4 Å². The topological polar surface area (TPSA) is 70.1 Å². The van der Waals surface area contributed by atoms with Crippen molar-refractivity contribution in [2.75, 3.05) is 33.8 Å². The van der Waals surface area contributed by atoms with Gasteiger partial charge in [-0.3, -0.25) is 9.59 Å². The van der Waals surface area contributed by atoms with Crippen molar-refractivity contribution in [1.82, 2.24) is 9.80 Å². The number of thiophene rings is 1. The van der Waals surface area contributed by atoms with Gasteiger partial charge in [0.1, 0.15) is 18.1 Å². The molecule has 30 heavy (non-hydrogen) atoms. The number of aliphatic hydroxyl groups excluding tert-OH is 1. The normalized spacial score (nSPS) is 18.2.